The molecular weight excluding hydrogens is 322 g/mol. The third-order valence-electron chi connectivity index (χ3n) is 2.59. The number of hydrogen-bond donors (Lipinski definition) is 0. The summed E-state index contributed by atoms with van der Waals surface area (Å²) in [5, 5.41) is 0.675. The first-order valence-electron chi connectivity index (χ1n) is 6.93. The largest absolute Gasteiger partial charge is 0.494 e. The zero-order chi connectivity index (χ0) is 16.3. The number of thiazole rings is 1. The van der Waals surface area contributed by atoms with Crippen molar-refractivity contribution in [2.45, 2.75) is 33.3 Å². The Kier molecular flexibility index (Phi) is 5.08. The van der Waals surface area contributed by atoms with Gasteiger partial charge < -0.3 is 9.47 Å². The summed E-state index contributed by atoms with van der Waals surface area (Å²) in [6, 6.07) is 7.50. The van der Waals surface area contributed by atoms with Gasteiger partial charge in [-0.3, -0.25) is 0 Å². The van der Waals surface area contributed by atoms with E-state index in [4.69, 9.17) is 21.1 Å². The molecule has 0 saturated carbocycles. The Morgan fingerprint density at radius 2 is 1.91 bits per heavy atom. The summed E-state index contributed by atoms with van der Waals surface area (Å²) in [4.78, 5) is 16.4. The van der Waals surface area contributed by atoms with Gasteiger partial charge in [0.25, 0.3) is 0 Å². The number of ether oxygens (including phenoxy) is 2. The van der Waals surface area contributed by atoms with Gasteiger partial charge in [-0.15, -0.1) is 11.3 Å². The van der Waals surface area contributed by atoms with E-state index in [1.54, 1.807) is 20.8 Å². The second kappa shape index (κ2) is 6.67. The first-order valence-corrected chi connectivity index (χ1v) is 8.12. The predicted octanol–water partition coefficient (Wildman–Crippen LogP) is 4.82. The molecule has 0 aliphatic carbocycles. The molecule has 0 saturated heterocycles. The van der Waals surface area contributed by atoms with Gasteiger partial charge in [-0.2, -0.15) is 0 Å². The fourth-order valence-electron chi connectivity index (χ4n) is 1.74. The first-order chi connectivity index (χ1) is 10.3. The smallest absolute Gasteiger partial charge is 0.359 e. The van der Waals surface area contributed by atoms with Crippen LogP contribution >= 0.6 is 22.9 Å². The zero-order valence-electron chi connectivity index (χ0n) is 13.0. The maximum absolute atomic E-state index is 12.1. The van der Waals surface area contributed by atoms with Crippen LogP contribution in [0.3, 0.4) is 0 Å². The van der Waals surface area contributed by atoms with Crippen molar-refractivity contribution in [3.8, 4) is 16.3 Å². The Morgan fingerprint density at radius 3 is 2.45 bits per heavy atom. The lowest BCUT2D eigenvalue weighted by molar-refractivity contribution is 0.00640. The number of carbonyl (C=O) groups excluding carboxylic acids is 1. The fourth-order valence-corrected chi connectivity index (χ4v) is 2.86. The molecule has 1 aromatic heterocycles. The first kappa shape index (κ1) is 16.8. The quantitative estimate of drug-likeness (QED) is 0.749. The van der Waals surface area contributed by atoms with Crippen LogP contribution in [0.5, 0.6) is 5.75 Å². The molecule has 4 nitrogen and oxygen atoms in total. The third kappa shape index (κ3) is 4.21. The van der Waals surface area contributed by atoms with Crippen molar-refractivity contribution >= 4 is 28.9 Å². The topological polar surface area (TPSA) is 48.4 Å². The lowest BCUT2D eigenvalue weighted by Gasteiger charge is -2.18. The highest BCUT2D eigenvalue weighted by Crippen LogP contribution is 2.33. The highest BCUT2D eigenvalue weighted by Gasteiger charge is 2.24. The van der Waals surface area contributed by atoms with Crippen molar-refractivity contribution in [1.82, 2.24) is 4.98 Å². The second-order valence-corrected chi connectivity index (χ2v) is 7.20. The summed E-state index contributed by atoms with van der Waals surface area (Å²) in [6.07, 6.45) is 0. The van der Waals surface area contributed by atoms with Crippen molar-refractivity contribution in [2.24, 2.45) is 0 Å². The number of esters is 1. The van der Waals surface area contributed by atoms with Crippen molar-refractivity contribution in [1.29, 1.82) is 0 Å². The molecule has 2 aromatic rings. The van der Waals surface area contributed by atoms with Crippen LogP contribution in [0, 0.1) is 0 Å². The molecule has 0 bridgehead atoms. The molecule has 0 radical (unpaired) electrons. The number of rotatable bonds is 4. The van der Waals surface area contributed by atoms with Gasteiger partial charge in [-0.05, 0) is 52.0 Å². The maximum Gasteiger partial charge on any atom is 0.359 e. The van der Waals surface area contributed by atoms with Crippen LogP contribution in [-0.2, 0) is 4.74 Å². The summed E-state index contributed by atoms with van der Waals surface area (Å²) in [5.74, 6) is 0.284. The standard InChI is InChI=1S/C16H18ClNO3S/c1-5-20-11-8-6-10(7-9-11)14-18-12(13(17)22-14)15(19)21-16(2,3)4/h6-9H,5H2,1-4H3. The summed E-state index contributed by atoms with van der Waals surface area (Å²) >= 11 is 7.38. The van der Waals surface area contributed by atoms with Crippen LogP contribution < -0.4 is 4.74 Å². The van der Waals surface area contributed by atoms with Crippen molar-refractivity contribution in [2.75, 3.05) is 6.61 Å². The summed E-state index contributed by atoms with van der Waals surface area (Å²) in [5.41, 5.74) is 0.458. The molecule has 0 atom stereocenters. The Bertz CT molecular complexity index is 659. The molecule has 0 fully saturated rings. The van der Waals surface area contributed by atoms with E-state index < -0.39 is 11.6 Å². The van der Waals surface area contributed by atoms with Gasteiger partial charge in [0.2, 0.25) is 0 Å². The molecule has 22 heavy (non-hydrogen) atoms. The molecule has 2 rings (SSSR count). The van der Waals surface area contributed by atoms with E-state index in [2.05, 4.69) is 4.98 Å². The van der Waals surface area contributed by atoms with E-state index in [0.29, 0.717) is 16.0 Å². The average Bonchev–Trinajstić information content (AvgIpc) is 2.80. The summed E-state index contributed by atoms with van der Waals surface area (Å²) in [6.45, 7) is 7.96. The van der Waals surface area contributed by atoms with Gasteiger partial charge in [0.1, 0.15) is 20.7 Å². The molecular formula is C16H18ClNO3S. The number of benzene rings is 1. The van der Waals surface area contributed by atoms with Gasteiger partial charge in [0.05, 0.1) is 6.61 Å². The monoisotopic (exact) mass is 339 g/mol. The van der Waals surface area contributed by atoms with Crippen LogP contribution in [0.4, 0.5) is 0 Å². The molecule has 0 amide bonds. The van der Waals surface area contributed by atoms with Gasteiger partial charge >= 0.3 is 5.97 Å². The molecule has 0 aliphatic rings. The van der Waals surface area contributed by atoms with Crippen LogP contribution in [0.15, 0.2) is 24.3 Å². The van der Waals surface area contributed by atoms with Gasteiger partial charge in [-0.25, -0.2) is 9.78 Å². The van der Waals surface area contributed by atoms with E-state index in [0.717, 1.165) is 11.3 Å². The molecule has 118 valence electrons. The Hall–Kier alpha value is -1.59. The van der Waals surface area contributed by atoms with Gasteiger partial charge in [-0.1, -0.05) is 11.6 Å². The number of aromatic nitrogens is 1. The minimum Gasteiger partial charge on any atom is -0.494 e. The van der Waals surface area contributed by atoms with E-state index >= 15 is 0 Å². The van der Waals surface area contributed by atoms with Crippen LogP contribution in [0.25, 0.3) is 10.6 Å². The Balaban J connectivity index is 2.23. The summed E-state index contributed by atoms with van der Waals surface area (Å²) < 4.78 is 11.0. The lowest BCUT2D eigenvalue weighted by Crippen LogP contribution is -2.24. The SMILES string of the molecule is CCOc1ccc(-c2nc(C(=O)OC(C)(C)C)c(Cl)s2)cc1. The number of nitrogens with zero attached hydrogens (tertiary/aromatic N) is 1. The van der Waals surface area contributed by atoms with E-state index in [9.17, 15) is 4.79 Å². The molecule has 0 N–H and O–H groups in total. The molecule has 0 aliphatic heterocycles. The average molecular weight is 340 g/mol. The molecule has 1 heterocycles. The van der Waals surface area contributed by atoms with Crippen LogP contribution in [-0.4, -0.2) is 23.2 Å². The highest BCUT2D eigenvalue weighted by atomic mass is 35.5. The molecule has 6 heteroatoms. The molecule has 0 unspecified atom stereocenters. The third-order valence-corrected chi connectivity index (χ3v) is 3.89. The van der Waals surface area contributed by atoms with Crippen LogP contribution in [0.1, 0.15) is 38.2 Å². The van der Waals surface area contributed by atoms with E-state index in [1.807, 2.05) is 31.2 Å². The highest BCUT2D eigenvalue weighted by molar-refractivity contribution is 7.19. The predicted molar refractivity (Wildman–Crippen MR) is 88.9 cm³/mol. The Labute approximate surface area is 139 Å². The summed E-state index contributed by atoms with van der Waals surface area (Å²) in [7, 11) is 0. The minimum absolute atomic E-state index is 0.158. The number of carbonyl (C=O) groups is 1. The van der Waals surface area contributed by atoms with E-state index in [-0.39, 0.29) is 5.69 Å². The van der Waals surface area contributed by atoms with E-state index in [1.165, 1.54) is 11.3 Å². The van der Waals surface area contributed by atoms with Gasteiger partial charge in [0.15, 0.2) is 5.69 Å². The Morgan fingerprint density at radius 1 is 1.27 bits per heavy atom. The molecule has 0 spiro atoms. The lowest BCUT2D eigenvalue weighted by atomic mass is 10.2. The molecule has 1 aromatic carbocycles. The fraction of sp³-hybridized carbons (Fsp3) is 0.375. The van der Waals surface area contributed by atoms with Crippen molar-refractivity contribution in [3.63, 3.8) is 0 Å². The minimum atomic E-state index is -0.580. The van der Waals surface area contributed by atoms with Crippen LogP contribution in [0.2, 0.25) is 4.34 Å². The van der Waals surface area contributed by atoms with Crippen molar-refractivity contribution < 1.29 is 14.3 Å². The number of hydrogen-bond acceptors (Lipinski definition) is 5. The normalized spacial score (nSPS) is 11.3. The van der Waals surface area contributed by atoms with Gasteiger partial charge in [0, 0.05) is 5.56 Å². The zero-order valence-corrected chi connectivity index (χ0v) is 14.5. The maximum atomic E-state index is 12.1. The number of halogens is 1. The second-order valence-electron chi connectivity index (χ2n) is 5.60. The van der Waals surface area contributed by atoms with Crippen molar-refractivity contribution in [3.05, 3.63) is 34.3 Å².